The molecule has 0 aliphatic carbocycles. The van der Waals surface area contributed by atoms with Crippen molar-refractivity contribution in [1.82, 2.24) is 4.90 Å². The van der Waals surface area contributed by atoms with E-state index < -0.39 is 23.6 Å². The minimum atomic E-state index is -4.50. The molecular formula is C22H17Cl2F3N2O3. The summed E-state index contributed by atoms with van der Waals surface area (Å²) >= 11 is 12.1. The number of para-hydroxylation sites is 1. The Kier molecular flexibility index (Phi) is 7.16. The Morgan fingerprint density at radius 3 is 2.31 bits per heavy atom. The number of amides is 2. The molecule has 0 aliphatic heterocycles. The predicted octanol–water partition coefficient (Wildman–Crippen LogP) is 6.37. The van der Waals surface area contributed by atoms with E-state index in [1.54, 1.807) is 25.1 Å². The molecule has 1 heterocycles. The second-order valence-electron chi connectivity index (χ2n) is 6.71. The summed E-state index contributed by atoms with van der Waals surface area (Å²) in [5, 5.41) is 3.06. The highest BCUT2D eigenvalue weighted by atomic mass is 35.5. The number of halogens is 5. The molecule has 5 nitrogen and oxygen atoms in total. The summed E-state index contributed by atoms with van der Waals surface area (Å²) in [4.78, 5) is 26.4. The zero-order chi connectivity index (χ0) is 23.5. The molecule has 1 N–H and O–H groups in total. The van der Waals surface area contributed by atoms with Crippen molar-refractivity contribution in [1.29, 1.82) is 0 Å². The third-order valence-corrected chi connectivity index (χ3v) is 5.15. The molecule has 0 atom stereocenters. The van der Waals surface area contributed by atoms with E-state index in [9.17, 15) is 22.8 Å². The molecule has 0 bridgehead atoms. The number of alkyl halides is 3. The van der Waals surface area contributed by atoms with Gasteiger partial charge in [0.15, 0.2) is 5.76 Å². The maximum absolute atomic E-state index is 13.0. The summed E-state index contributed by atoms with van der Waals surface area (Å²) in [6.07, 6.45) is -4.50. The third kappa shape index (κ3) is 5.44. The quantitative estimate of drug-likeness (QED) is 0.441. The number of hydrogen-bond donors (Lipinski definition) is 1. The lowest BCUT2D eigenvalue weighted by Crippen LogP contribution is -2.37. The van der Waals surface area contributed by atoms with E-state index in [1.807, 2.05) is 0 Å². The summed E-state index contributed by atoms with van der Waals surface area (Å²) in [5.74, 6) is -1.13. The molecule has 2 amide bonds. The molecule has 0 fully saturated rings. The fourth-order valence-electron chi connectivity index (χ4n) is 2.91. The number of nitrogens with zero attached hydrogens (tertiary/aromatic N) is 1. The summed E-state index contributed by atoms with van der Waals surface area (Å²) in [5.41, 5.74) is -0.424. The first kappa shape index (κ1) is 23.7. The van der Waals surface area contributed by atoms with Crippen LogP contribution in [-0.2, 0) is 11.0 Å². The minimum absolute atomic E-state index is 0.0998. The molecule has 0 saturated carbocycles. The maximum Gasteiger partial charge on any atom is 0.416 e. The van der Waals surface area contributed by atoms with E-state index in [1.165, 1.54) is 29.2 Å². The molecule has 0 spiro atoms. The van der Waals surface area contributed by atoms with Gasteiger partial charge in [-0.15, -0.1) is 0 Å². The summed E-state index contributed by atoms with van der Waals surface area (Å²) in [6.45, 7) is 1.54. The van der Waals surface area contributed by atoms with Gasteiger partial charge in [0, 0.05) is 12.1 Å². The Bertz CT molecular complexity index is 1130. The topological polar surface area (TPSA) is 62.6 Å². The van der Waals surface area contributed by atoms with E-state index in [-0.39, 0.29) is 45.9 Å². The first-order valence-electron chi connectivity index (χ1n) is 9.40. The van der Waals surface area contributed by atoms with Crippen molar-refractivity contribution >= 4 is 40.7 Å². The number of likely N-dealkylation sites (N-methyl/N-ethyl adjacent to an activating group) is 1. The average Bonchev–Trinajstić information content (AvgIpc) is 3.24. The monoisotopic (exact) mass is 484 g/mol. The van der Waals surface area contributed by atoms with E-state index in [0.717, 1.165) is 12.1 Å². The molecule has 10 heteroatoms. The van der Waals surface area contributed by atoms with Crippen molar-refractivity contribution in [2.75, 3.05) is 18.4 Å². The van der Waals surface area contributed by atoms with E-state index >= 15 is 0 Å². The Morgan fingerprint density at radius 1 is 1.03 bits per heavy atom. The van der Waals surface area contributed by atoms with Crippen LogP contribution in [0.4, 0.5) is 18.9 Å². The van der Waals surface area contributed by atoms with Crippen LogP contribution in [0.5, 0.6) is 0 Å². The normalized spacial score (nSPS) is 11.3. The van der Waals surface area contributed by atoms with Crippen LogP contribution >= 0.6 is 23.2 Å². The van der Waals surface area contributed by atoms with Gasteiger partial charge in [-0.3, -0.25) is 9.59 Å². The Morgan fingerprint density at radius 2 is 1.69 bits per heavy atom. The van der Waals surface area contributed by atoms with Crippen LogP contribution in [0.1, 0.15) is 23.0 Å². The number of benzene rings is 2. The lowest BCUT2D eigenvalue weighted by molar-refractivity contribution is -0.137. The first-order chi connectivity index (χ1) is 15.1. The number of hydrogen-bond acceptors (Lipinski definition) is 3. The molecule has 168 valence electrons. The van der Waals surface area contributed by atoms with Crippen LogP contribution in [0.25, 0.3) is 11.3 Å². The van der Waals surface area contributed by atoms with Gasteiger partial charge in [-0.05, 0) is 43.3 Å². The standard InChI is InChI=1S/C22H17Cl2F3N2O3/c1-2-29(12-19(30)28-20-15(23)7-4-8-16(20)24)21(31)18-10-9-17(32-18)13-5-3-6-14(11-13)22(25,26)27/h3-11H,2,12H2,1H3,(H,28,30). The smallest absolute Gasteiger partial charge is 0.416 e. The summed E-state index contributed by atoms with van der Waals surface area (Å²) in [7, 11) is 0. The van der Waals surface area contributed by atoms with E-state index in [0.29, 0.717) is 0 Å². The Labute approximate surface area is 191 Å². The highest BCUT2D eigenvalue weighted by Gasteiger charge is 2.31. The number of anilines is 1. The van der Waals surface area contributed by atoms with Gasteiger partial charge in [0.1, 0.15) is 12.3 Å². The van der Waals surface area contributed by atoms with Crippen molar-refractivity contribution < 1.29 is 27.2 Å². The third-order valence-electron chi connectivity index (χ3n) is 4.52. The second-order valence-corrected chi connectivity index (χ2v) is 7.52. The average molecular weight is 485 g/mol. The van der Waals surface area contributed by atoms with Gasteiger partial charge in [-0.2, -0.15) is 13.2 Å². The van der Waals surface area contributed by atoms with Crippen molar-refractivity contribution in [2.24, 2.45) is 0 Å². The molecule has 32 heavy (non-hydrogen) atoms. The highest BCUT2D eigenvalue weighted by molar-refractivity contribution is 6.39. The molecule has 3 rings (SSSR count). The van der Waals surface area contributed by atoms with Gasteiger partial charge in [-0.25, -0.2) is 0 Å². The van der Waals surface area contributed by atoms with Crippen molar-refractivity contribution in [2.45, 2.75) is 13.1 Å². The molecular weight excluding hydrogens is 468 g/mol. The molecule has 0 radical (unpaired) electrons. The van der Waals surface area contributed by atoms with E-state index in [4.69, 9.17) is 27.6 Å². The molecule has 3 aromatic rings. The van der Waals surface area contributed by atoms with Crippen LogP contribution in [-0.4, -0.2) is 29.8 Å². The van der Waals surface area contributed by atoms with Gasteiger partial charge in [0.2, 0.25) is 5.91 Å². The van der Waals surface area contributed by atoms with Crippen molar-refractivity contribution in [3.05, 3.63) is 76.0 Å². The first-order valence-corrected chi connectivity index (χ1v) is 10.2. The van der Waals surface area contributed by atoms with Crippen LogP contribution in [0.3, 0.4) is 0 Å². The van der Waals surface area contributed by atoms with Gasteiger partial charge in [0.05, 0.1) is 21.3 Å². The maximum atomic E-state index is 13.0. The Balaban J connectivity index is 1.74. The number of rotatable bonds is 6. The number of carbonyl (C=O) groups is 2. The molecule has 1 aromatic heterocycles. The van der Waals surface area contributed by atoms with Gasteiger partial charge < -0.3 is 14.6 Å². The highest BCUT2D eigenvalue weighted by Crippen LogP contribution is 2.33. The SMILES string of the molecule is CCN(CC(=O)Nc1c(Cl)cccc1Cl)C(=O)c1ccc(-c2cccc(C(F)(F)F)c2)o1. The molecule has 0 unspecified atom stereocenters. The second kappa shape index (κ2) is 9.67. The zero-order valence-corrected chi connectivity index (χ0v) is 18.2. The van der Waals surface area contributed by atoms with Gasteiger partial charge in [0.25, 0.3) is 5.91 Å². The summed E-state index contributed by atoms with van der Waals surface area (Å²) < 4.78 is 44.3. The zero-order valence-electron chi connectivity index (χ0n) is 16.7. The largest absolute Gasteiger partial charge is 0.451 e. The van der Waals surface area contributed by atoms with Crippen molar-refractivity contribution in [3.63, 3.8) is 0 Å². The molecule has 2 aromatic carbocycles. The van der Waals surface area contributed by atoms with Crippen LogP contribution in [0.15, 0.2) is 59.0 Å². The Hall–Kier alpha value is -2.97. The lowest BCUT2D eigenvalue weighted by Gasteiger charge is -2.19. The fourth-order valence-corrected chi connectivity index (χ4v) is 3.40. The summed E-state index contributed by atoms with van der Waals surface area (Å²) in [6, 6.07) is 12.1. The van der Waals surface area contributed by atoms with Crippen LogP contribution in [0.2, 0.25) is 10.0 Å². The van der Waals surface area contributed by atoms with Crippen LogP contribution < -0.4 is 5.32 Å². The van der Waals surface area contributed by atoms with Gasteiger partial charge >= 0.3 is 6.18 Å². The molecule has 0 aliphatic rings. The number of nitrogens with one attached hydrogen (secondary N) is 1. The van der Waals surface area contributed by atoms with Crippen LogP contribution in [0, 0.1) is 0 Å². The minimum Gasteiger partial charge on any atom is -0.451 e. The number of furan rings is 1. The predicted molar refractivity (Wildman–Crippen MR) is 116 cm³/mol. The van der Waals surface area contributed by atoms with Gasteiger partial charge in [-0.1, -0.05) is 41.4 Å². The lowest BCUT2D eigenvalue weighted by atomic mass is 10.1. The fraction of sp³-hybridized carbons (Fsp3) is 0.182. The van der Waals surface area contributed by atoms with E-state index in [2.05, 4.69) is 5.32 Å². The number of carbonyl (C=O) groups excluding carboxylic acids is 2. The van der Waals surface area contributed by atoms with Crippen molar-refractivity contribution in [3.8, 4) is 11.3 Å². The molecule has 0 saturated heterocycles.